The topological polar surface area (TPSA) is 65.4 Å². The number of nitrogens with zero attached hydrogens (tertiary/aromatic N) is 3. The van der Waals surface area contributed by atoms with Crippen molar-refractivity contribution in [2.24, 2.45) is 5.16 Å². The number of piperazine rings is 1. The van der Waals surface area contributed by atoms with Crippen molar-refractivity contribution in [3.8, 4) is 0 Å². The van der Waals surface area contributed by atoms with Crippen molar-refractivity contribution >= 4 is 22.5 Å². The highest BCUT2D eigenvalue weighted by Gasteiger charge is 2.22. The molecule has 3 rings (SSSR count). The Morgan fingerprint density at radius 1 is 1.08 bits per heavy atom. The first-order valence-electron chi connectivity index (χ1n) is 9.00. The first kappa shape index (κ1) is 18.4. The molecule has 0 atom stereocenters. The van der Waals surface area contributed by atoms with Crippen molar-refractivity contribution in [3.63, 3.8) is 0 Å². The summed E-state index contributed by atoms with van der Waals surface area (Å²) in [7, 11) is 0. The van der Waals surface area contributed by atoms with Crippen molar-refractivity contribution < 1.29 is 14.7 Å². The maximum atomic E-state index is 11.7. The maximum Gasteiger partial charge on any atom is 0.357 e. The summed E-state index contributed by atoms with van der Waals surface area (Å²) in [4.78, 5) is 16.3. The lowest BCUT2D eigenvalue weighted by Gasteiger charge is -2.34. The molecule has 6 heteroatoms. The molecule has 0 aromatic heterocycles. The van der Waals surface area contributed by atoms with E-state index in [0.29, 0.717) is 6.54 Å². The second-order valence-electron chi connectivity index (χ2n) is 6.46. The molecule has 0 aliphatic carbocycles. The molecular weight excluding hydrogens is 330 g/mol. The number of ether oxygens (including phenoxy) is 1. The lowest BCUT2D eigenvalue weighted by atomic mass is 10.0. The third kappa shape index (κ3) is 4.39. The fraction of sp³-hybridized carbons (Fsp3) is 0.400. The Bertz CT molecular complexity index is 777. The molecule has 2 aromatic carbocycles. The van der Waals surface area contributed by atoms with Crippen LogP contribution in [-0.2, 0) is 16.1 Å². The monoisotopic (exact) mass is 355 g/mol. The Kier molecular flexibility index (Phi) is 6.20. The largest absolute Gasteiger partial charge is 0.461 e. The van der Waals surface area contributed by atoms with E-state index >= 15 is 0 Å². The summed E-state index contributed by atoms with van der Waals surface area (Å²) in [6, 6.07) is 14.9. The second kappa shape index (κ2) is 8.78. The zero-order valence-corrected chi connectivity index (χ0v) is 15.1. The van der Waals surface area contributed by atoms with Crippen LogP contribution in [0.25, 0.3) is 10.8 Å². The molecule has 1 aliphatic rings. The van der Waals surface area contributed by atoms with Gasteiger partial charge >= 0.3 is 5.97 Å². The van der Waals surface area contributed by atoms with Gasteiger partial charge in [0, 0.05) is 32.7 Å². The van der Waals surface area contributed by atoms with E-state index in [-0.39, 0.29) is 12.3 Å². The van der Waals surface area contributed by atoms with Gasteiger partial charge in [-0.2, -0.15) is 0 Å². The standard InChI is InChI=1S/C20H25N3O3/c1-2-26-20(24)19(21-25)15-23-12-10-22(11-13-23)14-17-8-5-7-16-6-3-4-9-18(16)17/h3-9,25H,2,10-15H2,1H3/b21-19-. The number of hydrogen-bond donors (Lipinski definition) is 1. The molecule has 0 saturated carbocycles. The summed E-state index contributed by atoms with van der Waals surface area (Å²) in [6.07, 6.45) is 0. The van der Waals surface area contributed by atoms with Gasteiger partial charge in [0.25, 0.3) is 0 Å². The highest BCUT2D eigenvalue weighted by molar-refractivity contribution is 6.37. The lowest BCUT2D eigenvalue weighted by Crippen LogP contribution is -2.48. The zero-order chi connectivity index (χ0) is 18.4. The summed E-state index contributed by atoms with van der Waals surface area (Å²) in [5, 5.41) is 14.7. The Morgan fingerprint density at radius 3 is 2.50 bits per heavy atom. The minimum atomic E-state index is -0.548. The Labute approximate surface area is 153 Å². The summed E-state index contributed by atoms with van der Waals surface area (Å²) < 4.78 is 4.91. The van der Waals surface area contributed by atoms with E-state index in [1.807, 2.05) is 0 Å². The molecule has 0 bridgehead atoms. The number of carbonyl (C=O) groups excluding carboxylic acids is 1. The third-order valence-electron chi connectivity index (χ3n) is 4.74. The van der Waals surface area contributed by atoms with Gasteiger partial charge < -0.3 is 9.94 Å². The summed E-state index contributed by atoms with van der Waals surface area (Å²) in [6.45, 7) is 6.70. The highest BCUT2D eigenvalue weighted by Crippen LogP contribution is 2.20. The normalized spacial score (nSPS) is 16.7. The van der Waals surface area contributed by atoms with Gasteiger partial charge in [-0.15, -0.1) is 0 Å². The molecular formula is C20H25N3O3. The van der Waals surface area contributed by atoms with Gasteiger partial charge in [0.1, 0.15) is 0 Å². The molecule has 1 saturated heterocycles. The molecule has 0 unspecified atom stereocenters. The average Bonchev–Trinajstić information content (AvgIpc) is 2.68. The van der Waals surface area contributed by atoms with Crippen molar-refractivity contribution in [2.45, 2.75) is 13.5 Å². The van der Waals surface area contributed by atoms with Gasteiger partial charge in [0.15, 0.2) is 5.71 Å². The predicted octanol–water partition coefficient (Wildman–Crippen LogP) is 2.35. The van der Waals surface area contributed by atoms with Crippen LogP contribution in [0.1, 0.15) is 12.5 Å². The zero-order valence-electron chi connectivity index (χ0n) is 15.1. The molecule has 0 radical (unpaired) electrons. The van der Waals surface area contributed by atoms with E-state index in [1.54, 1.807) is 6.92 Å². The molecule has 2 aromatic rings. The first-order valence-corrected chi connectivity index (χ1v) is 9.00. The summed E-state index contributed by atoms with van der Waals surface area (Å²) in [5.41, 5.74) is 1.40. The van der Waals surface area contributed by atoms with Gasteiger partial charge in [-0.05, 0) is 23.3 Å². The van der Waals surface area contributed by atoms with Gasteiger partial charge in [0.2, 0.25) is 0 Å². The fourth-order valence-electron chi connectivity index (χ4n) is 3.34. The Balaban J connectivity index is 1.56. The number of carbonyl (C=O) groups is 1. The SMILES string of the molecule is CCOC(=O)/C(CN1CCN(Cc2cccc3ccccc23)CC1)=N\O. The van der Waals surface area contributed by atoms with Crippen LogP contribution < -0.4 is 0 Å². The molecule has 0 spiro atoms. The van der Waals surface area contributed by atoms with E-state index in [0.717, 1.165) is 32.7 Å². The van der Waals surface area contributed by atoms with Crippen LogP contribution in [0.15, 0.2) is 47.6 Å². The molecule has 1 N–H and O–H groups in total. The van der Waals surface area contributed by atoms with Crippen molar-refractivity contribution in [1.82, 2.24) is 9.80 Å². The smallest absolute Gasteiger partial charge is 0.357 e. The molecule has 1 aliphatic heterocycles. The second-order valence-corrected chi connectivity index (χ2v) is 6.46. The number of hydrogen-bond acceptors (Lipinski definition) is 6. The molecule has 26 heavy (non-hydrogen) atoms. The van der Waals surface area contributed by atoms with E-state index in [4.69, 9.17) is 9.94 Å². The minimum Gasteiger partial charge on any atom is -0.461 e. The number of oxime groups is 1. The Hall–Kier alpha value is -2.44. The average molecular weight is 355 g/mol. The molecule has 0 amide bonds. The van der Waals surface area contributed by atoms with Gasteiger partial charge in [-0.1, -0.05) is 47.6 Å². The number of benzene rings is 2. The van der Waals surface area contributed by atoms with Crippen LogP contribution in [0.2, 0.25) is 0 Å². The van der Waals surface area contributed by atoms with Crippen LogP contribution in [0.3, 0.4) is 0 Å². The van der Waals surface area contributed by atoms with Crippen LogP contribution in [0.5, 0.6) is 0 Å². The minimum absolute atomic E-state index is 0.0642. The summed E-state index contributed by atoms with van der Waals surface area (Å²) in [5.74, 6) is -0.548. The molecule has 6 nitrogen and oxygen atoms in total. The van der Waals surface area contributed by atoms with Crippen LogP contribution in [-0.4, -0.2) is 66.0 Å². The van der Waals surface area contributed by atoms with Crippen LogP contribution in [0.4, 0.5) is 0 Å². The first-order chi connectivity index (χ1) is 12.7. The van der Waals surface area contributed by atoms with E-state index in [2.05, 4.69) is 57.4 Å². The van der Waals surface area contributed by atoms with Crippen molar-refractivity contribution in [2.75, 3.05) is 39.3 Å². The molecule has 138 valence electrons. The van der Waals surface area contributed by atoms with Crippen LogP contribution >= 0.6 is 0 Å². The maximum absolute atomic E-state index is 11.7. The third-order valence-corrected chi connectivity index (χ3v) is 4.74. The van der Waals surface area contributed by atoms with Gasteiger partial charge in [-0.3, -0.25) is 9.80 Å². The van der Waals surface area contributed by atoms with Gasteiger partial charge in [-0.25, -0.2) is 4.79 Å². The van der Waals surface area contributed by atoms with Crippen molar-refractivity contribution in [3.05, 3.63) is 48.0 Å². The number of fused-ring (bicyclic) bond motifs is 1. The molecule has 1 fully saturated rings. The van der Waals surface area contributed by atoms with E-state index in [9.17, 15) is 4.79 Å². The van der Waals surface area contributed by atoms with E-state index < -0.39 is 5.97 Å². The van der Waals surface area contributed by atoms with Crippen molar-refractivity contribution in [1.29, 1.82) is 0 Å². The predicted molar refractivity (Wildman–Crippen MR) is 102 cm³/mol. The fourth-order valence-corrected chi connectivity index (χ4v) is 3.34. The van der Waals surface area contributed by atoms with E-state index in [1.165, 1.54) is 16.3 Å². The number of esters is 1. The number of rotatable bonds is 6. The molecule has 1 heterocycles. The quantitative estimate of drug-likeness (QED) is 0.373. The lowest BCUT2D eigenvalue weighted by molar-refractivity contribution is -0.135. The highest BCUT2D eigenvalue weighted by atomic mass is 16.5. The summed E-state index contributed by atoms with van der Waals surface area (Å²) >= 11 is 0. The van der Waals surface area contributed by atoms with Crippen LogP contribution in [0, 0.1) is 0 Å². The van der Waals surface area contributed by atoms with Gasteiger partial charge in [0.05, 0.1) is 13.2 Å². The Morgan fingerprint density at radius 2 is 1.77 bits per heavy atom.